The zero-order chi connectivity index (χ0) is 19.1. The molecule has 2 unspecified atom stereocenters. The van der Waals surface area contributed by atoms with E-state index in [1.807, 2.05) is 0 Å². The fourth-order valence-electron chi connectivity index (χ4n) is 4.26. The first-order valence-electron chi connectivity index (χ1n) is 9.26. The maximum atomic E-state index is 12.7. The van der Waals surface area contributed by atoms with Crippen LogP contribution in [0.1, 0.15) is 30.4 Å². The van der Waals surface area contributed by atoms with Crippen molar-refractivity contribution in [3.8, 4) is 0 Å². The van der Waals surface area contributed by atoms with Gasteiger partial charge in [0.2, 0.25) is 0 Å². The molecular weight excluding hydrogens is 389 g/mol. The Balaban J connectivity index is 1.72. The fourth-order valence-corrected chi connectivity index (χ4v) is 4.84. The number of morpholine rings is 1. The lowest BCUT2D eigenvalue weighted by Gasteiger charge is -2.27. The van der Waals surface area contributed by atoms with Gasteiger partial charge in [0.25, 0.3) is 0 Å². The Morgan fingerprint density at radius 3 is 2.37 bits per heavy atom. The average molecular weight is 410 g/mol. The molecule has 0 amide bonds. The van der Waals surface area contributed by atoms with Gasteiger partial charge in [-0.05, 0) is 31.4 Å². The largest absolute Gasteiger partial charge is 0.506 e. The van der Waals surface area contributed by atoms with Crippen molar-refractivity contribution in [2.45, 2.75) is 25.8 Å². The van der Waals surface area contributed by atoms with Gasteiger partial charge in [-0.15, -0.1) is 0 Å². The van der Waals surface area contributed by atoms with E-state index in [1.54, 1.807) is 12.1 Å². The van der Waals surface area contributed by atoms with E-state index in [9.17, 15) is 14.7 Å². The standard InChI is InChI=1S/C20H21Cl2NO4/c21-15-4-3-13(17(22)14(15)10-23-5-7-27-8-6-23)20(26)16-18(24)11-1-2-12(9-11)19(16)25/h3-4,11-12,26H,1-2,5-10H2. The van der Waals surface area contributed by atoms with E-state index in [1.165, 1.54) is 0 Å². The van der Waals surface area contributed by atoms with Gasteiger partial charge in [0.15, 0.2) is 11.6 Å². The van der Waals surface area contributed by atoms with Crippen LogP contribution in [0, 0.1) is 11.8 Å². The lowest BCUT2D eigenvalue weighted by molar-refractivity contribution is -0.127. The third-order valence-electron chi connectivity index (χ3n) is 5.83. The van der Waals surface area contributed by atoms with Crippen LogP contribution in [-0.2, 0) is 20.9 Å². The van der Waals surface area contributed by atoms with Crippen molar-refractivity contribution in [2.75, 3.05) is 26.3 Å². The van der Waals surface area contributed by atoms with Crippen LogP contribution in [0.5, 0.6) is 0 Å². The van der Waals surface area contributed by atoms with E-state index in [2.05, 4.69) is 4.90 Å². The van der Waals surface area contributed by atoms with Crippen molar-refractivity contribution in [3.63, 3.8) is 0 Å². The molecule has 1 aliphatic heterocycles. The molecule has 27 heavy (non-hydrogen) atoms. The summed E-state index contributed by atoms with van der Waals surface area (Å²) in [4.78, 5) is 27.5. The van der Waals surface area contributed by atoms with Gasteiger partial charge >= 0.3 is 0 Å². The van der Waals surface area contributed by atoms with Gasteiger partial charge < -0.3 is 9.84 Å². The van der Waals surface area contributed by atoms with Crippen molar-refractivity contribution in [1.82, 2.24) is 4.90 Å². The van der Waals surface area contributed by atoms with Gasteiger partial charge in [0.05, 0.1) is 18.2 Å². The highest BCUT2D eigenvalue weighted by atomic mass is 35.5. The van der Waals surface area contributed by atoms with Crippen LogP contribution in [0.15, 0.2) is 17.7 Å². The van der Waals surface area contributed by atoms with Crippen LogP contribution >= 0.6 is 23.2 Å². The number of rotatable bonds is 3. The number of carbonyl (C=O) groups is 2. The number of nitrogens with zero attached hydrogens (tertiary/aromatic N) is 1. The monoisotopic (exact) mass is 409 g/mol. The molecule has 2 atom stereocenters. The molecule has 1 heterocycles. The molecule has 1 N–H and O–H groups in total. The second-order valence-electron chi connectivity index (χ2n) is 7.44. The molecule has 7 heteroatoms. The maximum Gasteiger partial charge on any atom is 0.173 e. The molecule has 144 valence electrons. The zero-order valence-corrected chi connectivity index (χ0v) is 16.4. The van der Waals surface area contributed by atoms with Crippen molar-refractivity contribution in [1.29, 1.82) is 0 Å². The zero-order valence-electron chi connectivity index (χ0n) is 14.8. The SMILES string of the molecule is O=C1C(=C(O)c2ccc(Cl)c(CN3CCOCC3)c2Cl)C(=O)C2CCC1C2. The number of ether oxygens (including phenoxy) is 1. The van der Waals surface area contributed by atoms with Crippen LogP contribution in [-0.4, -0.2) is 47.9 Å². The Kier molecular flexibility index (Phi) is 5.30. The van der Waals surface area contributed by atoms with Crippen molar-refractivity contribution in [2.24, 2.45) is 11.8 Å². The van der Waals surface area contributed by atoms with Gasteiger partial charge in [0.1, 0.15) is 11.3 Å². The number of halogens is 2. The molecule has 2 bridgehead atoms. The second kappa shape index (κ2) is 7.55. The third-order valence-corrected chi connectivity index (χ3v) is 6.62. The van der Waals surface area contributed by atoms with Crippen molar-refractivity contribution < 1.29 is 19.4 Å². The van der Waals surface area contributed by atoms with E-state index < -0.39 is 0 Å². The summed E-state index contributed by atoms with van der Waals surface area (Å²) in [7, 11) is 0. The molecule has 4 rings (SSSR count). The smallest absolute Gasteiger partial charge is 0.173 e. The van der Waals surface area contributed by atoms with Crippen molar-refractivity contribution >= 4 is 40.5 Å². The molecule has 1 aromatic rings. The quantitative estimate of drug-likeness (QED) is 0.468. The van der Waals surface area contributed by atoms with E-state index >= 15 is 0 Å². The van der Waals surface area contributed by atoms with E-state index in [0.717, 1.165) is 13.1 Å². The first-order valence-corrected chi connectivity index (χ1v) is 10.0. The highest BCUT2D eigenvalue weighted by molar-refractivity contribution is 6.37. The summed E-state index contributed by atoms with van der Waals surface area (Å²) >= 11 is 12.9. The number of aliphatic hydroxyl groups excluding tert-OH is 1. The summed E-state index contributed by atoms with van der Waals surface area (Å²) in [5.41, 5.74) is 0.890. The van der Waals surface area contributed by atoms with E-state index in [0.29, 0.717) is 55.2 Å². The molecule has 0 radical (unpaired) electrons. The first kappa shape index (κ1) is 18.9. The molecular formula is C20H21Cl2NO4. The Morgan fingerprint density at radius 1 is 1.11 bits per heavy atom. The predicted molar refractivity (Wildman–Crippen MR) is 103 cm³/mol. The summed E-state index contributed by atoms with van der Waals surface area (Å²) in [5, 5.41) is 11.6. The number of carbonyl (C=O) groups excluding carboxylic acids is 2. The number of hydrogen-bond donors (Lipinski definition) is 1. The predicted octanol–water partition coefficient (Wildman–Crippen LogP) is 3.66. The van der Waals surface area contributed by atoms with Crippen LogP contribution in [0.2, 0.25) is 10.0 Å². The minimum atomic E-state index is -0.313. The number of ketones is 2. The van der Waals surface area contributed by atoms with Gasteiger partial charge in [-0.25, -0.2) is 0 Å². The number of fused-ring (bicyclic) bond motifs is 2. The summed E-state index contributed by atoms with van der Waals surface area (Å²) in [6, 6.07) is 3.23. The minimum Gasteiger partial charge on any atom is -0.506 e. The summed E-state index contributed by atoms with van der Waals surface area (Å²) in [6.07, 6.45) is 2.02. The number of hydrogen-bond acceptors (Lipinski definition) is 5. The van der Waals surface area contributed by atoms with Crippen LogP contribution in [0.3, 0.4) is 0 Å². The van der Waals surface area contributed by atoms with Crippen LogP contribution in [0.25, 0.3) is 5.76 Å². The number of Topliss-reactive ketones (excluding diaryl/α,β-unsaturated/α-hetero) is 2. The lowest BCUT2D eigenvalue weighted by Crippen LogP contribution is -2.35. The Bertz CT molecular complexity index is 806. The average Bonchev–Trinajstić information content (AvgIpc) is 3.12. The van der Waals surface area contributed by atoms with E-state index in [4.69, 9.17) is 27.9 Å². The number of aliphatic hydroxyl groups is 1. The molecule has 1 saturated heterocycles. The highest BCUT2D eigenvalue weighted by Gasteiger charge is 2.45. The lowest BCUT2D eigenvalue weighted by atomic mass is 9.81. The molecule has 1 aromatic carbocycles. The normalized spacial score (nSPS) is 25.9. The number of allylic oxidation sites excluding steroid dienone is 1. The topological polar surface area (TPSA) is 66.8 Å². The van der Waals surface area contributed by atoms with Crippen molar-refractivity contribution in [3.05, 3.63) is 38.9 Å². The second-order valence-corrected chi connectivity index (χ2v) is 8.22. The molecule has 2 saturated carbocycles. The first-order chi connectivity index (χ1) is 13.0. The molecule has 0 spiro atoms. The molecule has 3 aliphatic rings. The summed E-state index contributed by atoms with van der Waals surface area (Å²) < 4.78 is 5.36. The Labute approximate surface area is 167 Å². The van der Waals surface area contributed by atoms with Gasteiger partial charge in [-0.2, -0.15) is 0 Å². The Morgan fingerprint density at radius 2 is 1.74 bits per heavy atom. The summed E-state index contributed by atoms with van der Waals surface area (Å²) in [5.74, 6) is -1.15. The molecule has 0 aromatic heterocycles. The maximum absolute atomic E-state index is 12.7. The summed E-state index contributed by atoms with van der Waals surface area (Å²) in [6.45, 7) is 3.35. The van der Waals surface area contributed by atoms with Gasteiger partial charge in [-0.1, -0.05) is 23.2 Å². The third kappa shape index (κ3) is 3.42. The molecule has 5 nitrogen and oxygen atoms in total. The molecule has 3 fully saturated rings. The molecule has 2 aliphatic carbocycles. The minimum absolute atomic E-state index is 0.0877. The van der Waals surface area contributed by atoms with Gasteiger partial charge in [-0.3, -0.25) is 14.5 Å². The van der Waals surface area contributed by atoms with E-state index in [-0.39, 0.29) is 39.8 Å². The van der Waals surface area contributed by atoms with Gasteiger partial charge in [0, 0.05) is 47.6 Å². The van der Waals surface area contributed by atoms with Crippen LogP contribution < -0.4 is 0 Å². The highest BCUT2D eigenvalue weighted by Crippen LogP contribution is 2.43. The number of benzene rings is 1. The Hall–Kier alpha value is -1.40. The fraction of sp³-hybridized carbons (Fsp3) is 0.500. The van der Waals surface area contributed by atoms with Crippen LogP contribution in [0.4, 0.5) is 0 Å².